The maximum Gasteiger partial charge on any atom is 0.303 e. The number of carboxylic acid groups (broad SMARTS) is 1. The van der Waals surface area contributed by atoms with Gasteiger partial charge in [0.2, 0.25) is 0 Å². The zero-order valence-electron chi connectivity index (χ0n) is 9.08. The smallest absolute Gasteiger partial charge is 0.303 e. The van der Waals surface area contributed by atoms with Crippen LogP contribution in [-0.4, -0.2) is 11.1 Å². The maximum atomic E-state index is 10.7. The topological polar surface area (TPSA) is 50.4 Å². The summed E-state index contributed by atoms with van der Waals surface area (Å²) >= 11 is 3.24. The van der Waals surface area contributed by atoms with Gasteiger partial charge < -0.3 is 9.52 Å². The Morgan fingerprint density at radius 3 is 2.60 bits per heavy atom. The van der Waals surface area contributed by atoms with E-state index in [4.69, 9.17) is 9.52 Å². The largest absolute Gasteiger partial charge is 0.481 e. The third-order valence-electron chi connectivity index (χ3n) is 2.92. The summed E-state index contributed by atoms with van der Waals surface area (Å²) in [6.45, 7) is 5.91. The van der Waals surface area contributed by atoms with Crippen molar-refractivity contribution in [3.8, 4) is 0 Å². The standard InChI is InChI=1S/C11H15BrO3/c1-7(6-10(13)14)11(2,3)8-4-5-9(12)15-8/h4-5,7H,6H2,1-3H3,(H,13,14). The number of halogens is 1. The Morgan fingerprint density at radius 1 is 1.60 bits per heavy atom. The molecule has 1 atom stereocenters. The van der Waals surface area contributed by atoms with E-state index in [9.17, 15) is 4.79 Å². The lowest BCUT2D eigenvalue weighted by atomic mass is 9.76. The summed E-state index contributed by atoms with van der Waals surface area (Å²) in [4.78, 5) is 10.7. The van der Waals surface area contributed by atoms with Gasteiger partial charge in [-0.05, 0) is 34.0 Å². The van der Waals surface area contributed by atoms with E-state index >= 15 is 0 Å². The molecule has 0 aliphatic rings. The lowest BCUT2D eigenvalue weighted by Gasteiger charge is -2.28. The van der Waals surface area contributed by atoms with Crippen LogP contribution >= 0.6 is 15.9 Å². The lowest BCUT2D eigenvalue weighted by molar-refractivity contribution is -0.138. The molecule has 1 aromatic heterocycles. The Morgan fingerprint density at radius 2 is 2.20 bits per heavy atom. The molecular formula is C11H15BrO3. The van der Waals surface area contributed by atoms with Gasteiger partial charge >= 0.3 is 5.97 Å². The summed E-state index contributed by atoms with van der Waals surface area (Å²) in [7, 11) is 0. The second kappa shape index (κ2) is 4.39. The van der Waals surface area contributed by atoms with E-state index in [2.05, 4.69) is 15.9 Å². The Labute approximate surface area is 97.6 Å². The van der Waals surface area contributed by atoms with Crippen LogP contribution in [0.4, 0.5) is 0 Å². The van der Waals surface area contributed by atoms with Gasteiger partial charge in [-0.3, -0.25) is 4.79 Å². The molecule has 0 saturated heterocycles. The van der Waals surface area contributed by atoms with Gasteiger partial charge in [-0.25, -0.2) is 0 Å². The molecule has 0 spiro atoms. The molecule has 0 bridgehead atoms. The number of carbonyl (C=O) groups is 1. The van der Waals surface area contributed by atoms with Gasteiger partial charge in [-0.1, -0.05) is 20.8 Å². The minimum absolute atomic E-state index is 0.0213. The summed E-state index contributed by atoms with van der Waals surface area (Å²) in [6.07, 6.45) is 0.144. The third-order valence-corrected chi connectivity index (χ3v) is 3.35. The Kier molecular flexibility index (Phi) is 3.60. The molecule has 0 aromatic carbocycles. The summed E-state index contributed by atoms with van der Waals surface area (Å²) in [6, 6.07) is 3.70. The quantitative estimate of drug-likeness (QED) is 0.915. The number of rotatable bonds is 4. The van der Waals surface area contributed by atoms with Gasteiger partial charge in [0.15, 0.2) is 4.67 Å². The molecule has 1 N–H and O–H groups in total. The Bertz CT molecular complexity index is 354. The number of aliphatic carboxylic acids is 1. The highest BCUT2D eigenvalue weighted by Gasteiger charge is 2.32. The number of carboxylic acids is 1. The van der Waals surface area contributed by atoms with Gasteiger partial charge in [-0.15, -0.1) is 0 Å². The van der Waals surface area contributed by atoms with Crippen LogP contribution in [0.2, 0.25) is 0 Å². The fraction of sp³-hybridized carbons (Fsp3) is 0.545. The molecule has 4 heteroatoms. The van der Waals surface area contributed by atoms with Crippen LogP contribution in [-0.2, 0) is 10.2 Å². The van der Waals surface area contributed by atoms with Crippen molar-refractivity contribution in [2.45, 2.75) is 32.6 Å². The zero-order valence-corrected chi connectivity index (χ0v) is 10.7. The lowest BCUT2D eigenvalue weighted by Crippen LogP contribution is -2.27. The van der Waals surface area contributed by atoms with Crippen molar-refractivity contribution in [3.05, 3.63) is 22.6 Å². The van der Waals surface area contributed by atoms with E-state index in [-0.39, 0.29) is 17.8 Å². The van der Waals surface area contributed by atoms with E-state index in [1.807, 2.05) is 32.9 Å². The van der Waals surface area contributed by atoms with Crippen molar-refractivity contribution >= 4 is 21.9 Å². The van der Waals surface area contributed by atoms with Crippen molar-refractivity contribution in [2.75, 3.05) is 0 Å². The van der Waals surface area contributed by atoms with Gasteiger partial charge in [-0.2, -0.15) is 0 Å². The predicted molar refractivity (Wildman–Crippen MR) is 60.9 cm³/mol. The molecule has 0 aliphatic heterocycles. The SMILES string of the molecule is CC(CC(=O)O)C(C)(C)c1ccc(Br)o1. The van der Waals surface area contributed by atoms with Crippen LogP contribution in [0.5, 0.6) is 0 Å². The molecule has 1 rings (SSSR count). The summed E-state index contributed by atoms with van der Waals surface area (Å²) < 4.78 is 6.15. The van der Waals surface area contributed by atoms with Crippen molar-refractivity contribution in [1.29, 1.82) is 0 Å². The van der Waals surface area contributed by atoms with Crippen molar-refractivity contribution in [3.63, 3.8) is 0 Å². The highest BCUT2D eigenvalue weighted by molar-refractivity contribution is 9.10. The van der Waals surface area contributed by atoms with Crippen molar-refractivity contribution < 1.29 is 14.3 Å². The van der Waals surface area contributed by atoms with E-state index in [1.165, 1.54) is 0 Å². The summed E-state index contributed by atoms with van der Waals surface area (Å²) in [5.74, 6) is 0.0531. The first-order valence-corrected chi connectivity index (χ1v) is 5.61. The van der Waals surface area contributed by atoms with Gasteiger partial charge in [0, 0.05) is 11.8 Å². The average Bonchev–Trinajstić information content (AvgIpc) is 2.50. The number of hydrogen-bond acceptors (Lipinski definition) is 2. The van der Waals surface area contributed by atoms with E-state index in [0.717, 1.165) is 5.76 Å². The van der Waals surface area contributed by atoms with Gasteiger partial charge in [0.05, 0.1) is 0 Å². The fourth-order valence-electron chi connectivity index (χ4n) is 1.42. The molecule has 15 heavy (non-hydrogen) atoms. The Balaban J connectivity index is 2.86. The predicted octanol–water partition coefficient (Wildman–Crippen LogP) is 3.43. The number of furan rings is 1. The Hall–Kier alpha value is -0.770. The molecule has 0 aliphatic carbocycles. The van der Waals surface area contributed by atoms with Crippen LogP contribution in [0.15, 0.2) is 21.2 Å². The molecule has 1 heterocycles. The molecule has 0 fully saturated rings. The first-order valence-electron chi connectivity index (χ1n) is 4.81. The van der Waals surface area contributed by atoms with Crippen molar-refractivity contribution in [2.24, 2.45) is 5.92 Å². The third kappa shape index (κ3) is 2.84. The summed E-state index contributed by atoms with van der Waals surface area (Å²) in [5, 5.41) is 8.76. The zero-order chi connectivity index (χ0) is 11.6. The fourth-order valence-corrected chi connectivity index (χ4v) is 1.73. The van der Waals surface area contributed by atoms with Crippen LogP contribution < -0.4 is 0 Å². The first-order chi connectivity index (χ1) is 6.84. The highest BCUT2D eigenvalue weighted by atomic mass is 79.9. The number of hydrogen-bond donors (Lipinski definition) is 1. The molecule has 0 amide bonds. The monoisotopic (exact) mass is 274 g/mol. The van der Waals surface area contributed by atoms with Gasteiger partial charge in [0.1, 0.15) is 5.76 Å². The molecule has 0 saturated carbocycles. The van der Waals surface area contributed by atoms with Crippen molar-refractivity contribution in [1.82, 2.24) is 0 Å². The minimum Gasteiger partial charge on any atom is -0.481 e. The average molecular weight is 275 g/mol. The summed E-state index contributed by atoms with van der Waals surface area (Å²) in [5.41, 5.74) is -0.273. The van der Waals surface area contributed by atoms with E-state index in [0.29, 0.717) is 4.67 Å². The van der Waals surface area contributed by atoms with Crippen LogP contribution in [0.25, 0.3) is 0 Å². The molecule has 1 unspecified atom stereocenters. The van der Waals surface area contributed by atoms with E-state index in [1.54, 1.807) is 0 Å². The minimum atomic E-state index is -0.777. The highest BCUT2D eigenvalue weighted by Crippen LogP contribution is 2.35. The molecule has 3 nitrogen and oxygen atoms in total. The molecule has 0 radical (unpaired) electrons. The second-order valence-corrected chi connectivity index (χ2v) is 5.11. The maximum absolute atomic E-state index is 10.7. The van der Waals surface area contributed by atoms with Crippen LogP contribution in [0.3, 0.4) is 0 Å². The second-order valence-electron chi connectivity index (χ2n) is 4.32. The van der Waals surface area contributed by atoms with E-state index < -0.39 is 5.97 Å². The molecular weight excluding hydrogens is 260 g/mol. The molecule has 84 valence electrons. The first kappa shape index (κ1) is 12.3. The molecule has 1 aromatic rings. The van der Waals surface area contributed by atoms with Crippen LogP contribution in [0, 0.1) is 5.92 Å². The van der Waals surface area contributed by atoms with Crippen LogP contribution in [0.1, 0.15) is 33.0 Å². The van der Waals surface area contributed by atoms with Gasteiger partial charge in [0.25, 0.3) is 0 Å². The normalized spacial score (nSPS) is 13.9.